The summed E-state index contributed by atoms with van der Waals surface area (Å²) in [6.07, 6.45) is 6.83. The van der Waals surface area contributed by atoms with Gasteiger partial charge in [-0.1, -0.05) is 83.4 Å². The maximum Gasteiger partial charge on any atom is 0.408 e. The van der Waals surface area contributed by atoms with Crippen LogP contribution in [0.3, 0.4) is 0 Å². The van der Waals surface area contributed by atoms with E-state index in [4.69, 9.17) is 15.2 Å². The highest BCUT2D eigenvalue weighted by molar-refractivity contribution is 5.95. The van der Waals surface area contributed by atoms with Crippen LogP contribution < -0.4 is 21.7 Å². The fourth-order valence-electron chi connectivity index (χ4n) is 5.92. The molecule has 1 fully saturated rings. The number of amides is 5. The fraction of sp³-hybridized carbons (Fsp3) is 0.622. The van der Waals surface area contributed by atoms with E-state index < -0.39 is 59.9 Å². The van der Waals surface area contributed by atoms with Gasteiger partial charge in [0.2, 0.25) is 23.6 Å². The molecule has 13 heteroatoms. The van der Waals surface area contributed by atoms with Crippen LogP contribution in [0.4, 0.5) is 4.79 Å². The summed E-state index contributed by atoms with van der Waals surface area (Å²) in [4.78, 5) is 80.1. The Labute approximate surface area is 296 Å². The van der Waals surface area contributed by atoms with Gasteiger partial charge in [0.05, 0.1) is 6.61 Å². The number of ether oxygens (including phenoxy) is 2. The van der Waals surface area contributed by atoms with Gasteiger partial charge in [0.25, 0.3) is 0 Å². The van der Waals surface area contributed by atoms with Gasteiger partial charge in [0.15, 0.2) is 0 Å². The second kappa shape index (κ2) is 21.6. The quantitative estimate of drug-likeness (QED) is 0.124. The van der Waals surface area contributed by atoms with Crippen molar-refractivity contribution in [1.29, 1.82) is 0 Å². The number of alkyl carbamates (subject to hydrolysis) is 1. The molecule has 0 saturated heterocycles. The molecule has 1 aliphatic rings. The van der Waals surface area contributed by atoms with Crippen LogP contribution >= 0.6 is 0 Å². The number of esters is 1. The first-order chi connectivity index (χ1) is 23.7. The molecule has 0 spiro atoms. The van der Waals surface area contributed by atoms with Crippen LogP contribution in [0.2, 0.25) is 0 Å². The molecule has 278 valence electrons. The fourth-order valence-corrected chi connectivity index (χ4v) is 5.92. The lowest BCUT2D eigenvalue weighted by molar-refractivity contribution is -0.148. The van der Waals surface area contributed by atoms with Gasteiger partial charge >= 0.3 is 12.1 Å². The van der Waals surface area contributed by atoms with Crippen molar-refractivity contribution in [3.63, 3.8) is 0 Å². The zero-order valence-electron chi connectivity index (χ0n) is 30.4. The first-order valence-corrected chi connectivity index (χ1v) is 17.8. The van der Waals surface area contributed by atoms with Crippen LogP contribution in [0.15, 0.2) is 42.5 Å². The minimum Gasteiger partial charge on any atom is -0.463 e. The molecule has 0 aromatic heterocycles. The predicted octanol–water partition coefficient (Wildman–Crippen LogP) is 3.89. The number of allylic oxidation sites excluding steroid dienone is 1. The summed E-state index contributed by atoms with van der Waals surface area (Å²) in [6, 6.07) is 4.83. The molecule has 5 amide bonds. The van der Waals surface area contributed by atoms with Crippen molar-refractivity contribution in [1.82, 2.24) is 20.9 Å². The minimum atomic E-state index is -1.12. The van der Waals surface area contributed by atoms with Crippen LogP contribution in [0, 0.1) is 11.8 Å². The molecule has 2 rings (SSSR count). The van der Waals surface area contributed by atoms with E-state index in [2.05, 4.69) is 16.0 Å². The Hall–Kier alpha value is -4.42. The van der Waals surface area contributed by atoms with E-state index in [0.717, 1.165) is 24.8 Å². The average molecular weight is 700 g/mol. The van der Waals surface area contributed by atoms with Gasteiger partial charge in [-0.2, -0.15) is 0 Å². The highest BCUT2D eigenvalue weighted by atomic mass is 16.5. The summed E-state index contributed by atoms with van der Waals surface area (Å²) in [5, 5.41) is 8.19. The van der Waals surface area contributed by atoms with Crippen LogP contribution in [0.5, 0.6) is 0 Å². The van der Waals surface area contributed by atoms with Crippen molar-refractivity contribution in [2.75, 3.05) is 6.61 Å². The Kier molecular flexibility index (Phi) is 18.1. The third-order valence-corrected chi connectivity index (χ3v) is 8.60. The molecule has 0 heterocycles. The Bertz CT molecular complexity index is 1300. The van der Waals surface area contributed by atoms with E-state index in [9.17, 15) is 28.8 Å². The molecule has 13 nitrogen and oxygen atoms in total. The Morgan fingerprint density at radius 3 is 2.12 bits per heavy atom. The van der Waals surface area contributed by atoms with Crippen molar-refractivity contribution in [3.05, 3.63) is 48.0 Å². The van der Waals surface area contributed by atoms with Crippen molar-refractivity contribution in [3.8, 4) is 0 Å². The monoisotopic (exact) mass is 699 g/mol. The zero-order valence-corrected chi connectivity index (χ0v) is 30.4. The van der Waals surface area contributed by atoms with Crippen LogP contribution in [0.1, 0.15) is 98.5 Å². The molecule has 0 radical (unpaired) electrons. The summed E-state index contributed by atoms with van der Waals surface area (Å²) in [5.41, 5.74) is 6.35. The molecule has 5 N–H and O–H groups in total. The smallest absolute Gasteiger partial charge is 0.408 e. The zero-order chi connectivity index (χ0) is 37.2. The number of nitrogens with two attached hydrogens (primary N) is 1. The third-order valence-electron chi connectivity index (χ3n) is 8.60. The molecule has 4 atom stereocenters. The summed E-state index contributed by atoms with van der Waals surface area (Å²) in [6.45, 7) is 10.9. The number of primary amides is 1. The maximum absolute atomic E-state index is 14.4. The predicted molar refractivity (Wildman–Crippen MR) is 189 cm³/mol. The number of hydrogen-bond donors (Lipinski definition) is 4. The molecule has 0 bridgehead atoms. The molecule has 0 unspecified atom stereocenters. The van der Waals surface area contributed by atoms with E-state index in [-0.39, 0.29) is 43.9 Å². The Balaban J connectivity index is 2.31. The van der Waals surface area contributed by atoms with Gasteiger partial charge in [-0.05, 0) is 63.4 Å². The van der Waals surface area contributed by atoms with Gasteiger partial charge < -0.3 is 36.1 Å². The van der Waals surface area contributed by atoms with E-state index in [1.807, 2.05) is 32.0 Å². The molecule has 1 aromatic rings. The van der Waals surface area contributed by atoms with Gasteiger partial charge in [-0.15, -0.1) is 0 Å². The Morgan fingerprint density at radius 1 is 0.880 bits per heavy atom. The minimum absolute atomic E-state index is 0.0129. The van der Waals surface area contributed by atoms with Crippen molar-refractivity contribution in [2.24, 2.45) is 17.6 Å². The van der Waals surface area contributed by atoms with E-state index >= 15 is 0 Å². The van der Waals surface area contributed by atoms with Gasteiger partial charge in [0, 0.05) is 12.1 Å². The number of carbonyl (C=O) groups excluding carboxylic acids is 6. The largest absolute Gasteiger partial charge is 0.463 e. The first-order valence-electron chi connectivity index (χ1n) is 17.8. The van der Waals surface area contributed by atoms with Crippen LogP contribution in [-0.4, -0.2) is 77.4 Å². The summed E-state index contributed by atoms with van der Waals surface area (Å²) in [5.74, 6) is -3.03. The van der Waals surface area contributed by atoms with Gasteiger partial charge in [-0.3, -0.25) is 19.2 Å². The van der Waals surface area contributed by atoms with E-state index in [1.54, 1.807) is 50.8 Å². The SMILES string of the molecule is CCOC(=O)/C=C/CC[C@H](NC(=O)OCc1ccccc1)C(=O)N[C@H](C(=O)N(C1CCCCC1)[C@@H](C)C(=O)N[C@@H](CC(C)C)C(N)=O)C(C)C. The molecular weight excluding hydrogens is 642 g/mol. The number of benzene rings is 1. The van der Waals surface area contributed by atoms with E-state index in [1.165, 1.54) is 6.08 Å². The molecule has 0 aliphatic heterocycles. The lowest BCUT2D eigenvalue weighted by atomic mass is 9.91. The number of hydrogen-bond acceptors (Lipinski definition) is 8. The van der Waals surface area contributed by atoms with Gasteiger partial charge in [-0.25, -0.2) is 9.59 Å². The van der Waals surface area contributed by atoms with Crippen molar-refractivity contribution < 1.29 is 38.2 Å². The molecule has 1 aromatic carbocycles. The first kappa shape index (κ1) is 41.7. The number of nitrogens with one attached hydrogen (secondary N) is 3. The standard InChI is InChI=1S/C37H57N5O8/c1-7-49-31(43)21-15-14-20-29(40-37(48)50-23-27-16-10-8-11-17-27)35(46)41-32(25(4)5)36(47)42(28-18-12-9-13-19-28)26(6)34(45)39-30(33(38)44)22-24(2)3/h8,10-11,15-17,21,24-26,28-30,32H,7,9,12-14,18-20,22-23H2,1-6H3,(H2,38,44)(H,39,45)(H,40,48)(H,41,46)/b21-15+/t26-,29-,30-,32-/m0/s1. The van der Waals surface area contributed by atoms with Crippen molar-refractivity contribution >= 4 is 35.7 Å². The highest BCUT2D eigenvalue weighted by Gasteiger charge is 2.39. The number of nitrogens with zero attached hydrogens (tertiary/aromatic N) is 1. The van der Waals surface area contributed by atoms with Crippen LogP contribution in [0.25, 0.3) is 0 Å². The lowest BCUT2D eigenvalue weighted by Crippen LogP contribution is -2.62. The molecule has 1 saturated carbocycles. The third kappa shape index (κ3) is 14.2. The number of carbonyl (C=O) groups is 6. The lowest BCUT2D eigenvalue weighted by Gasteiger charge is -2.41. The molecule has 1 aliphatic carbocycles. The summed E-state index contributed by atoms with van der Waals surface area (Å²) < 4.78 is 10.3. The second-order valence-electron chi connectivity index (χ2n) is 13.5. The van der Waals surface area contributed by atoms with E-state index in [0.29, 0.717) is 19.3 Å². The summed E-state index contributed by atoms with van der Waals surface area (Å²) in [7, 11) is 0. The summed E-state index contributed by atoms with van der Waals surface area (Å²) >= 11 is 0. The molecular formula is C37H57N5O8. The van der Waals surface area contributed by atoms with Crippen LogP contribution in [-0.2, 0) is 40.1 Å². The van der Waals surface area contributed by atoms with Crippen molar-refractivity contribution in [2.45, 2.75) is 130 Å². The number of rotatable bonds is 19. The highest BCUT2D eigenvalue weighted by Crippen LogP contribution is 2.26. The van der Waals surface area contributed by atoms with Gasteiger partial charge in [0.1, 0.15) is 30.8 Å². The normalized spacial score (nSPS) is 15.8. The average Bonchev–Trinajstić information content (AvgIpc) is 3.07. The topological polar surface area (TPSA) is 186 Å². The maximum atomic E-state index is 14.4. The Morgan fingerprint density at radius 2 is 1.54 bits per heavy atom. The molecule has 50 heavy (non-hydrogen) atoms. The second-order valence-corrected chi connectivity index (χ2v) is 13.5.